The van der Waals surface area contributed by atoms with E-state index in [2.05, 4.69) is 26.9 Å². The summed E-state index contributed by atoms with van der Waals surface area (Å²) in [4.78, 5) is 15.0. The topological polar surface area (TPSA) is 51.0 Å². The van der Waals surface area contributed by atoms with E-state index in [0.29, 0.717) is 6.54 Å². The summed E-state index contributed by atoms with van der Waals surface area (Å²) >= 11 is 0. The van der Waals surface area contributed by atoms with Crippen LogP contribution in [-0.4, -0.2) is 32.1 Å². The summed E-state index contributed by atoms with van der Waals surface area (Å²) in [6, 6.07) is 19.7. The third-order valence-corrected chi connectivity index (χ3v) is 4.92. The maximum Gasteiger partial charge on any atom is 0.254 e. The summed E-state index contributed by atoms with van der Waals surface area (Å²) in [7, 11) is 0. The SMILES string of the molecule is O=C(c1ccccc1)N1CCCCC1c1nncn1Cc1ccccc1. The minimum absolute atomic E-state index is 0.0253. The molecule has 2 heterocycles. The van der Waals surface area contributed by atoms with Crippen LogP contribution >= 0.6 is 0 Å². The molecule has 0 N–H and O–H groups in total. The van der Waals surface area contributed by atoms with Gasteiger partial charge in [0.05, 0.1) is 12.6 Å². The monoisotopic (exact) mass is 346 g/mol. The van der Waals surface area contributed by atoms with Crippen molar-refractivity contribution in [1.82, 2.24) is 19.7 Å². The summed E-state index contributed by atoms with van der Waals surface area (Å²) in [5.41, 5.74) is 1.93. The van der Waals surface area contributed by atoms with Crippen molar-refractivity contribution in [3.05, 3.63) is 83.9 Å². The highest BCUT2D eigenvalue weighted by Gasteiger charge is 2.31. The molecule has 4 rings (SSSR count). The van der Waals surface area contributed by atoms with Gasteiger partial charge >= 0.3 is 0 Å². The number of aromatic nitrogens is 3. The third-order valence-electron chi connectivity index (χ3n) is 4.92. The Kier molecular flexibility index (Phi) is 4.78. The largest absolute Gasteiger partial charge is 0.328 e. The summed E-state index contributed by atoms with van der Waals surface area (Å²) < 4.78 is 2.07. The molecule has 0 spiro atoms. The highest BCUT2D eigenvalue weighted by molar-refractivity contribution is 5.94. The van der Waals surface area contributed by atoms with Gasteiger partial charge in [-0.15, -0.1) is 10.2 Å². The molecule has 1 aliphatic heterocycles. The summed E-state index contributed by atoms with van der Waals surface area (Å²) in [5, 5.41) is 8.52. The highest BCUT2D eigenvalue weighted by atomic mass is 16.2. The Morgan fingerprint density at radius 1 is 1.00 bits per heavy atom. The zero-order chi connectivity index (χ0) is 17.8. The molecule has 26 heavy (non-hydrogen) atoms. The predicted octanol–water partition coefficient (Wildman–Crippen LogP) is 3.69. The maximum absolute atomic E-state index is 13.0. The van der Waals surface area contributed by atoms with Crippen molar-refractivity contribution in [2.75, 3.05) is 6.54 Å². The Labute approximate surface area is 153 Å². The highest BCUT2D eigenvalue weighted by Crippen LogP contribution is 2.31. The Morgan fingerprint density at radius 3 is 2.50 bits per heavy atom. The minimum atomic E-state index is -0.0253. The molecule has 132 valence electrons. The summed E-state index contributed by atoms with van der Waals surface area (Å²) in [6.07, 6.45) is 4.82. The molecule has 1 saturated heterocycles. The van der Waals surface area contributed by atoms with Crippen molar-refractivity contribution >= 4 is 5.91 Å². The zero-order valence-corrected chi connectivity index (χ0v) is 14.7. The third kappa shape index (κ3) is 3.38. The van der Waals surface area contributed by atoms with Gasteiger partial charge in [-0.25, -0.2) is 0 Å². The molecule has 1 aliphatic rings. The van der Waals surface area contributed by atoms with E-state index in [1.165, 1.54) is 5.56 Å². The molecule has 0 saturated carbocycles. The fraction of sp³-hybridized carbons (Fsp3) is 0.286. The van der Waals surface area contributed by atoms with Gasteiger partial charge in [-0.3, -0.25) is 4.79 Å². The lowest BCUT2D eigenvalue weighted by Crippen LogP contribution is -2.39. The van der Waals surface area contributed by atoms with Gasteiger partial charge in [0.1, 0.15) is 6.33 Å². The van der Waals surface area contributed by atoms with Crippen LogP contribution in [0.5, 0.6) is 0 Å². The number of benzene rings is 2. The Morgan fingerprint density at radius 2 is 1.73 bits per heavy atom. The number of carbonyl (C=O) groups is 1. The van der Waals surface area contributed by atoms with E-state index in [9.17, 15) is 4.79 Å². The summed E-state index contributed by atoms with van der Waals surface area (Å²) in [5.74, 6) is 0.947. The van der Waals surface area contributed by atoms with Gasteiger partial charge in [0, 0.05) is 12.1 Å². The van der Waals surface area contributed by atoms with E-state index in [1.54, 1.807) is 6.33 Å². The van der Waals surface area contributed by atoms with Crippen LogP contribution in [0.3, 0.4) is 0 Å². The van der Waals surface area contributed by atoms with Crippen LogP contribution in [-0.2, 0) is 6.54 Å². The maximum atomic E-state index is 13.0. The second kappa shape index (κ2) is 7.52. The van der Waals surface area contributed by atoms with Gasteiger partial charge in [-0.05, 0) is 37.0 Å². The minimum Gasteiger partial charge on any atom is -0.328 e. The summed E-state index contributed by atoms with van der Waals surface area (Å²) in [6.45, 7) is 1.48. The van der Waals surface area contributed by atoms with Gasteiger partial charge in [0.15, 0.2) is 5.82 Å². The molecule has 0 aliphatic carbocycles. The molecular formula is C21H22N4O. The van der Waals surface area contributed by atoms with Crippen LogP contribution in [0.1, 0.15) is 47.1 Å². The van der Waals surface area contributed by atoms with Crippen LogP contribution < -0.4 is 0 Å². The molecule has 2 aromatic carbocycles. The smallest absolute Gasteiger partial charge is 0.254 e. The first-order chi connectivity index (χ1) is 12.8. The normalized spacial score (nSPS) is 17.2. The molecule has 1 aromatic heterocycles. The molecule has 1 amide bonds. The molecule has 5 heteroatoms. The van der Waals surface area contributed by atoms with Crippen LogP contribution in [0.15, 0.2) is 67.0 Å². The predicted molar refractivity (Wildman–Crippen MR) is 99.6 cm³/mol. The second-order valence-electron chi connectivity index (χ2n) is 6.68. The standard InChI is InChI=1S/C21H22N4O/c26-21(18-11-5-2-6-12-18)25-14-8-7-13-19(25)20-23-22-16-24(20)15-17-9-3-1-4-10-17/h1-6,9-12,16,19H,7-8,13-15H2. The first kappa shape index (κ1) is 16.5. The lowest BCUT2D eigenvalue weighted by molar-refractivity contribution is 0.0595. The molecule has 0 bridgehead atoms. The molecule has 5 nitrogen and oxygen atoms in total. The van der Waals surface area contributed by atoms with E-state index in [0.717, 1.165) is 37.2 Å². The van der Waals surface area contributed by atoms with Gasteiger partial charge < -0.3 is 9.47 Å². The van der Waals surface area contributed by atoms with Crippen molar-refractivity contribution in [3.63, 3.8) is 0 Å². The number of rotatable bonds is 4. The molecular weight excluding hydrogens is 324 g/mol. The Balaban J connectivity index is 1.61. The number of nitrogens with zero attached hydrogens (tertiary/aromatic N) is 4. The zero-order valence-electron chi connectivity index (χ0n) is 14.7. The van der Waals surface area contributed by atoms with Crippen LogP contribution in [0.25, 0.3) is 0 Å². The van der Waals surface area contributed by atoms with Gasteiger partial charge in [-0.2, -0.15) is 0 Å². The molecule has 3 aromatic rings. The van der Waals surface area contributed by atoms with E-state index in [1.807, 2.05) is 53.4 Å². The van der Waals surface area contributed by atoms with Crippen molar-refractivity contribution in [1.29, 1.82) is 0 Å². The average molecular weight is 346 g/mol. The van der Waals surface area contributed by atoms with Crippen molar-refractivity contribution in [2.24, 2.45) is 0 Å². The van der Waals surface area contributed by atoms with E-state index >= 15 is 0 Å². The first-order valence-corrected chi connectivity index (χ1v) is 9.10. The Hall–Kier alpha value is -2.95. The molecule has 1 unspecified atom stereocenters. The van der Waals surface area contributed by atoms with Crippen LogP contribution in [0, 0.1) is 0 Å². The fourth-order valence-electron chi connectivity index (χ4n) is 3.61. The fourth-order valence-corrected chi connectivity index (χ4v) is 3.61. The lowest BCUT2D eigenvalue weighted by atomic mass is 10.00. The van der Waals surface area contributed by atoms with E-state index in [-0.39, 0.29) is 11.9 Å². The second-order valence-corrected chi connectivity index (χ2v) is 6.68. The Bertz CT molecular complexity index is 860. The number of hydrogen-bond acceptors (Lipinski definition) is 3. The lowest BCUT2D eigenvalue weighted by Gasteiger charge is -2.35. The first-order valence-electron chi connectivity index (χ1n) is 9.10. The number of hydrogen-bond donors (Lipinski definition) is 0. The molecule has 1 atom stereocenters. The van der Waals surface area contributed by atoms with E-state index < -0.39 is 0 Å². The average Bonchev–Trinajstić information content (AvgIpc) is 3.17. The number of amides is 1. The number of carbonyl (C=O) groups excluding carboxylic acids is 1. The van der Waals surface area contributed by atoms with Crippen molar-refractivity contribution in [3.8, 4) is 0 Å². The van der Waals surface area contributed by atoms with Gasteiger partial charge in [-0.1, -0.05) is 48.5 Å². The van der Waals surface area contributed by atoms with E-state index in [4.69, 9.17) is 0 Å². The number of piperidine rings is 1. The molecule has 1 fully saturated rings. The number of likely N-dealkylation sites (tertiary alicyclic amines) is 1. The van der Waals surface area contributed by atoms with Gasteiger partial charge in [0.25, 0.3) is 5.91 Å². The van der Waals surface area contributed by atoms with Crippen molar-refractivity contribution in [2.45, 2.75) is 31.8 Å². The van der Waals surface area contributed by atoms with Crippen LogP contribution in [0.2, 0.25) is 0 Å². The van der Waals surface area contributed by atoms with Gasteiger partial charge in [0.2, 0.25) is 0 Å². The quantitative estimate of drug-likeness (QED) is 0.724. The molecule has 0 radical (unpaired) electrons. The van der Waals surface area contributed by atoms with Crippen molar-refractivity contribution < 1.29 is 4.79 Å². The van der Waals surface area contributed by atoms with Crippen LogP contribution in [0.4, 0.5) is 0 Å².